The summed E-state index contributed by atoms with van der Waals surface area (Å²) >= 11 is 0. The van der Waals surface area contributed by atoms with Crippen molar-refractivity contribution >= 4 is 15.9 Å². The molecule has 1 amide bonds. The average Bonchev–Trinajstić information content (AvgIpc) is 2.98. The van der Waals surface area contributed by atoms with Crippen LogP contribution in [0.5, 0.6) is 0 Å². The number of benzene rings is 1. The Labute approximate surface area is 128 Å². The SMILES string of the molecule is COCC(C)S(=O)(=O)NC(=O)c1coc(-c2ccccc2)n1. The van der Waals surface area contributed by atoms with Crippen LogP contribution in [-0.4, -0.2) is 38.3 Å². The fraction of sp³-hybridized carbons (Fsp3) is 0.286. The lowest BCUT2D eigenvalue weighted by atomic mass is 10.2. The summed E-state index contributed by atoms with van der Waals surface area (Å²) in [5, 5.41) is -0.859. The molecule has 1 heterocycles. The molecule has 1 aromatic heterocycles. The first-order valence-corrected chi connectivity index (χ1v) is 8.04. The number of rotatable bonds is 6. The molecule has 118 valence electrons. The maximum Gasteiger partial charge on any atom is 0.286 e. The third-order valence-electron chi connectivity index (χ3n) is 2.92. The van der Waals surface area contributed by atoms with E-state index in [1.807, 2.05) is 10.8 Å². The van der Waals surface area contributed by atoms with Crippen molar-refractivity contribution in [3.63, 3.8) is 0 Å². The molecule has 1 unspecified atom stereocenters. The monoisotopic (exact) mass is 324 g/mol. The molecule has 0 radical (unpaired) electrons. The van der Waals surface area contributed by atoms with Gasteiger partial charge in [0.15, 0.2) is 5.69 Å². The van der Waals surface area contributed by atoms with E-state index in [1.54, 1.807) is 24.3 Å². The number of carbonyl (C=O) groups is 1. The first-order chi connectivity index (χ1) is 10.4. The fourth-order valence-electron chi connectivity index (χ4n) is 1.70. The fourth-order valence-corrected chi connectivity index (χ4v) is 2.58. The van der Waals surface area contributed by atoms with Crippen molar-refractivity contribution < 1.29 is 22.4 Å². The third-order valence-corrected chi connectivity index (χ3v) is 4.59. The van der Waals surface area contributed by atoms with E-state index in [4.69, 9.17) is 9.15 Å². The molecule has 22 heavy (non-hydrogen) atoms. The number of hydrogen-bond acceptors (Lipinski definition) is 6. The molecule has 0 aliphatic rings. The van der Waals surface area contributed by atoms with Crippen LogP contribution in [0.4, 0.5) is 0 Å². The molecule has 2 rings (SSSR count). The minimum Gasteiger partial charge on any atom is -0.444 e. The molecule has 2 aromatic rings. The van der Waals surface area contributed by atoms with E-state index in [1.165, 1.54) is 14.0 Å². The van der Waals surface area contributed by atoms with Gasteiger partial charge in [-0.2, -0.15) is 0 Å². The van der Waals surface area contributed by atoms with Crippen LogP contribution in [0.1, 0.15) is 17.4 Å². The number of methoxy groups -OCH3 is 1. The van der Waals surface area contributed by atoms with Crippen LogP contribution in [0, 0.1) is 0 Å². The van der Waals surface area contributed by atoms with E-state index >= 15 is 0 Å². The van der Waals surface area contributed by atoms with Gasteiger partial charge in [-0.25, -0.2) is 18.1 Å². The van der Waals surface area contributed by atoms with Crippen LogP contribution in [-0.2, 0) is 14.8 Å². The maximum absolute atomic E-state index is 12.0. The van der Waals surface area contributed by atoms with Gasteiger partial charge in [0.05, 0.1) is 6.61 Å². The van der Waals surface area contributed by atoms with Crippen molar-refractivity contribution in [3.8, 4) is 11.5 Å². The number of hydrogen-bond donors (Lipinski definition) is 1. The molecule has 7 nitrogen and oxygen atoms in total. The lowest BCUT2D eigenvalue weighted by Crippen LogP contribution is -2.39. The van der Waals surface area contributed by atoms with Crippen LogP contribution in [0.2, 0.25) is 0 Å². The molecule has 1 aromatic carbocycles. The van der Waals surface area contributed by atoms with Crippen molar-refractivity contribution in [3.05, 3.63) is 42.3 Å². The summed E-state index contributed by atoms with van der Waals surface area (Å²) in [5.41, 5.74) is 0.587. The molecule has 0 aliphatic heterocycles. The molecular formula is C14H16N2O5S. The number of oxazole rings is 1. The summed E-state index contributed by atoms with van der Waals surface area (Å²) in [5.74, 6) is -0.595. The predicted octanol–water partition coefficient (Wildman–Crippen LogP) is 1.44. The second-order valence-electron chi connectivity index (χ2n) is 4.65. The van der Waals surface area contributed by atoms with E-state index in [0.717, 1.165) is 6.26 Å². The average molecular weight is 324 g/mol. The van der Waals surface area contributed by atoms with E-state index < -0.39 is 21.2 Å². The van der Waals surface area contributed by atoms with Crippen LogP contribution in [0.3, 0.4) is 0 Å². The highest BCUT2D eigenvalue weighted by Crippen LogP contribution is 2.18. The molecule has 8 heteroatoms. The number of sulfonamides is 1. The lowest BCUT2D eigenvalue weighted by molar-refractivity contribution is 0.0975. The zero-order valence-electron chi connectivity index (χ0n) is 12.1. The zero-order valence-corrected chi connectivity index (χ0v) is 13.0. The van der Waals surface area contributed by atoms with Gasteiger partial charge in [0.2, 0.25) is 15.9 Å². The van der Waals surface area contributed by atoms with E-state index in [2.05, 4.69) is 4.98 Å². The molecule has 0 saturated carbocycles. The van der Waals surface area contributed by atoms with Crippen molar-refractivity contribution in [2.24, 2.45) is 0 Å². The summed E-state index contributed by atoms with van der Waals surface area (Å²) in [4.78, 5) is 16.0. The number of nitrogens with zero attached hydrogens (tertiary/aromatic N) is 1. The normalized spacial score (nSPS) is 12.8. The third kappa shape index (κ3) is 3.71. The number of carbonyl (C=O) groups excluding carboxylic acids is 1. The minimum atomic E-state index is -3.83. The first kappa shape index (κ1) is 16.2. The Balaban J connectivity index is 2.13. The second kappa shape index (κ2) is 6.71. The van der Waals surface area contributed by atoms with Gasteiger partial charge in [0.25, 0.3) is 5.91 Å². The lowest BCUT2D eigenvalue weighted by Gasteiger charge is -2.11. The Bertz CT molecular complexity index is 740. The molecule has 1 N–H and O–H groups in total. The van der Waals surface area contributed by atoms with Gasteiger partial charge >= 0.3 is 0 Å². The molecular weight excluding hydrogens is 308 g/mol. The van der Waals surface area contributed by atoms with E-state index in [0.29, 0.717) is 5.56 Å². The quantitative estimate of drug-likeness (QED) is 0.863. The van der Waals surface area contributed by atoms with Crippen molar-refractivity contribution in [1.82, 2.24) is 9.71 Å². The summed E-state index contributed by atoms with van der Waals surface area (Å²) < 4.78 is 35.8. The van der Waals surface area contributed by atoms with Gasteiger partial charge in [-0.15, -0.1) is 0 Å². The van der Waals surface area contributed by atoms with Gasteiger partial charge in [-0.1, -0.05) is 18.2 Å². The van der Waals surface area contributed by atoms with E-state index in [9.17, 15) is 13.2 Å². The summed E-state index contributed by atoms with van der Waals surface area (Å²) in [7, 11) is -2.44. The van der Waals surface area contributed by atoms with Crippen LogP contribution < -0.4 is 4.72 Å². The molecule has 0 aliphatic carbocycles. The molecule has 0 fully saturated rings. The number of ether oxygens (including phenoxy) is 1. The molecule has 0 saturated heterocycles. The Morgan fingerprint density at radius 1 is 1.36 bits per heavy atom. The number of aromatic nitrogens is 1. The van der Waals surface area contributed by atoms with Crippen molar-refractivity contribution in [2.45, 2.75) is 12.2 Å². The van der Waals surface area contributed by atoms with Gasteiger partial charge in [0, 0.05) is 12.7 Å². The highest BCUT2D eigenvalue weighted by molar-refractivity contribution is 7.90. The van der Waals surface area contributed by atoms with Crippen LogP contribution in [0.15, 0.2) is 41.0 Å². The standard InChI is InChI=1S/C14H16N2O5S/c1-10(8-20-2)22(18,19)16-13(17)12-9-21-14(15-12)11-6-4-3-5-7-11/h3-7,9-10H,8H2,1-2H3,(H,16,17). The highest BCUT2D eigenvalue weighted by atomic mass is 32.2. The minimum absolute atomic E-state index is 0.0172. The molecule has 0 spiro atoms. The maximum atomic E-state index is 12.0. The smallest absolute Gasteiger partial charge is 0.286 e. The van der Waals surface area contributed by atoms with Crippen LogP contribution in [0.25, 0.3) is 11.5 Å². The molecule has 1 atom stereocenters. The van der Waals surface area contributed by atoms with Gasteiger partial charge in [-0.05, 0) is 19.1 Å². The summed E-state index contributed by atoms with van der Waals surface area (Å²) in [6, 6.07) is 8.98. The highest BCUT2D eigenvalue weighted by Gasteiger charge is 2.25. The van der Waals surface area contributed by atoms with E-state index in [-0.39, 0.29) is 18.2 Å². The van der Waals surface area contributed by atoms with Gasteiger partial charge < -0.3 is 9.15 Å². The largest absolute Gasteiger partial charge is 0.444 e. The van der Waals surface area contributed by atoms with Gasteiger partial charge in [0.1, 0.15) is 11.5 Å². The Morgan fingerprint density at radius 3 is 2.68 bits per heavy atom. The topological polar surface area (TPSA) is 98.5 Å². The van der Waals surface area contributed by atoms with Crippen LogP contribution >= 0.6 is 0 Å². The number of amides is 1. The van der Waals surface area contributed by atoms with Crippen molar-refractivity contribution in [1.29, 1.82) is 0 Å². The Hall–Kier alpha value is -2.19. The summed E-state index contributed by atoms with van der Waals surface area (Å²) in [6.07, 6.45) is 1.12. The van der Waals surface area contributed by atoms with Crippen molar-refractivity contribution in [2.75, 3.05) is 13.7 Å². The Morgan fingerprint density at radius 2 is 2.05 bits per heavy atom. The predicted molar refractivity (Wildman–Crippen MR) is 79.7 cm³/mol. The number of nitrogens with one attached hydrogen (secondary N) is 1. The molecule has 0 bridgehead atoms. The zero-order chi connectivity index (χ0) is 16.2. The second-order valence-corrected chi connectivity index (χ2v) is 6.74. The summed E-state index contributed by atoms with van der Waals surface area (Å²) in [6.45, 7) is 1.42. The Kier molecular flexibility index (Phi) is 4.94. The van der Waals surface area contributed by atoms with Gasteiger partial charge in [-0.3, -0.25) is 4.79 Å². The first-order valence-electron chi connectivity index (χ1n) is 6.50.